The van der Waals surface area contributed by atoms with Crippen molar-refractivity contribution in [1.82, 2.24) is 5.01 Å². The maximum atomic E-state index is 11.2. The summed E-state index contributed by atoms with van der Waals surface area (Å²) in [6.07, 6.45) is 8.13. The molecule has 5 heteroatoms. The average molecular weight is 300 g/mol. The zero-order chi connectivity index (χ0) is 16.9. The Balaban J connectivity index is 0. The fourth-order valence-electron chi connectivity index (χ4n) is 2.29. The van der Waals surface area contributed by atoms with Gasteiger partial charge in [0.15, 0.2) is 0 Å². The van der Waals surface area contributed by atoms with Crippen LogP contribution in [0.25, 0.3) is 0 Å². The number of carbonyl (C=O) groups is 1. The van der Waals surface area contributed by atoms with Gasteiger partial charge in [-0.15, -0.1) is 0 Å². The van der Waals surface area contributed by atoms with Crippen LogP contribution in [0.1, 0.15) is 66.2 Å². The first-order valence-corrected chi connectivity index (χ1v) is 8.01. The summed E-state index contributed by atoms with van der Waals surface area (Å²) in [6.45, 7) is 8.34. The molecule has 0 heterocycles. The molecule has 0 rings (SSSR count). The van der Waals surface area contributed by atoms with Crippen LogP contribution >= 0.6 is 0 Å². The first-order valence-electron chi connectivity index (χ1n) is 8.01. The summed E-state index contributed by atoms with van der Waals surface area (Å²) in [6, 6.07) is 0.326. The van der Waals surface area contributed by atoms with Gasteiger partial charge < -0.3 is 21.3 Å². The van der Waals surface area contributed by atoms with Gasteiger partial charge in [0.1, 0.15) is 6.29 Å². The molecule has 0 fully saturated rings. The Hall–Kier alpha value is -1.07. The lowest BCUT2D eigenvalue weighted by Gasteiger charge is -2.27. The predicted molar refractivity (Wildman–Crippen MR) is 91.1 cm³/mol. The van der Waals surface area contributed by atoms with Gasteiger partial charge in [0.05, 0.1) is 0 Å². The second-order valence-electron chi connectivity index (χ2n) is 5.31. The molecule has 0 atom stereocenters. The molecule has 0 aliphatic rings. The molecule has 0 aromatic heterocycles. The van der Waals surface area contributed by atoms with Gasteiger partial charge in [-0.2, -0.15) is 0 Å². The molecule has 0 bridgehead atoms. The molecular weight excluding hydrogens is 264 g/mol. The van der Waals surface area contributed by atoms with Crippen molar-refractivity contribution in [2.24, 2.45) is 22.7 Å². The number of rotatable bonds is 10. The fourth-order valence-corrected chi connectivity index (χ4v) is 2.29. The van der Waals surface area contributed by atoms with Gasteiger partial charge >= 0.3 is 0 Å². The standard InChI is InChI=1S/C15H31N3O.CH5N/c1-5-14(6-2)18(17)11-13(16)9-10-15(7-3,8-4)12-19;1-2/h11-12,14H,5-10,16-17H2,1-4H3;2H2,1H3/b13-11-;. The summed E-state index contributed by atoms with van der Waals surface area (Å²) < 4.78 is 0. The van der Waals surface area contributed by atoms with Crippen LogP contribution in [0.2, 0.25) is 0 Å². The highest BCUT2D eigenvalue weighted by molar-refractivity contribution is 5.59. The normalized spacial score (nSPS) is 11.9. The van der Waals surface area contributed by atoms with E-state index in [9.17, 15) is 4.79 Å². The number of carbonyl (C=O) groups excluding carboxylic acids is 1. The SMILES string of the molecule is CCC(CC)N(N)/C=C(\N)CCC(C=O)(CC)CC.CN. The minimum absolute atomic E-state index is 0.229. The van der Waals surface area contributed by atoms with Gasteiger partial charge in [0.2, 0.25) is 0 Å². The van der Waals surface area contributed by atoms with Gasteiger partial charge in [-0.25, -0.2) is 5.84 Å². The van der Waals surface area contributed by atoms with Gasteiger partial charge in [0.25, 0.3) is 0 Å². The highest BCUT2D eigenvalue weighted by atomic mass is 16.1. The van der Waals surface area contributed by atoms with E-state index in [1.807, 2.05) is 6.20 Å². The number of nitrogens with two attached hydrogens (primary N) is 3. The molecule has 0 radical (unpaired) electrons. The molecule has 0 aromatic carbocycles. The molecule has 6 N–H and O–H groups in total. The minimum Gasteiger partial charge on any atom is -0.401 e. The van der Waals surface area contributed by atoms with Crippen molar-refractivity contribution in [3.63, 3.8) is 0 Å². The Labute approximate surface area is 130 Å². The monoisotopic (exact) mass is 300 g/mol. The van der Waals surface area contributed by atoms with Gasteiger partial charge in [-0.1, -0.05) is 27.7 Å². The molecule has 0 amide bonds. The van der Waals surface area contributed by atoms with Crippen molar-refractivity contribution >= 4 is 6.29 Å². The van der Waals surface area contributed by atoms with Gasteiger partial charge in [-0.3, -0.25) is 0 Å². The Morgan fingerprint density at radius 2 is 1.62 bits per heavy atom. The third kappa shape index (κ3) is 8.07. The number of aldehydes is 1. The van der Waals surface area contributed by atoms with Crippen LogP contribution in [0, 0.1) is 5.41 Å². The van der Waals surface area contributed by atoms with E-state index in [0.29, 0.717) is 12.5 Å². The summed E-state index contributed by atoms with van der Waals surface area (Å²) in [4.78, 5) is 11.2. The maximum absolute atomic E-state index is 11.2. The quantitative estimate of drug-likeness (QED) is 0.327. The van der Waals surface area contributed by atoms with Crippen molar-refractivity contribution in [2.45, 2.75) is 72.3 Å². The summed E-state index contributed by atoms with van der Waals surface area (Å²) in [5.74, 6) is 5.98. The third-order valence-corrected chi connectivity index (χ3v) is 4.25. The number of hydrogen-bond acceptors (Lipinski definition) is 5. The molecule has 0 aromatic rings. The van der Waals surface area contributed by atoms with Crippen LogP contribution in [-0.2, 0) is 4.79 Å². The number of hydrazine groups is 1. The molecule has 126 valence electrons. The average Bonchev–Trinajstić information content (AvgIpc) is 2.52. The summed E-state index contributed by atoms with van der Waals surface area (Å²) in [7, 11) is 1.50. The number of allylic oxidation sites excluding steroid dienone is 1. The topological polar surface area (TPSA) is 98.4 Å². The molecule has 0 saturated heterocycles. The van der Waals surface area contributed by atoms with Crippen LogP contribution in [-0.4, -0.2) is 24.4 Å². The van der Waals surface area contributed by atoms with E-state index >= 15 is 0 Å². The van der Waals surface area contributed by atoms with E-state index < -0.39 is 0 Å². The van der Waals surface area contributed by atoms with Crippen molar-refractivity contribution < 1.29 is 4.79 Å². The molecule has 0 saturated carbocycles. The van der Waals surface area contributed by atoms with Crippen LogP contribution in [0.4, 0.5) is 0 Å². The Kier molecular flexibility index (Phi) is 13.4. The van der Waals surface area contributed by atoms with Crippen LogP contribution < -0.4 is 17.3 Å². The zero-order valence-corrected chi connectivity index (χ0v) is 14.6. The summed E-state index contributed by atoms with van der Waals surface area (Å²) in [5.41, 5.74) is 11.0. The van der Waals surface area contributed by atoms with Gasteiger partial charge in [0, 0.05) is 23.4 Å². The molecule has 0 aliphatic carbocycles. The molecule has 0 unspecified atom stereocenters. The predicted octanol–water partition coefficient (Wildman–Crippen LogP) is 2.51. The first-order chi connectivity index (χ1) is 9.98. The van der Waals surface area contributed by atoms with Crippen LogP contribution in [0.3, 0.4) is 0 Å². The fraction of sp³-hybridized carbons (Fsp3) is 0.812. The van der Waals surface area contributed by atoms with Crippen LogP contribution in [0.5, 0.6) is 0 Å². The minimum atomic E-state index is -0.229. The largest absolute Gasteiger partial charge is 0.401 e. The molecule has 21 heavy (non-hydrogen) atoms. The second-order valence-corrected chi connectivity index (χ2v) is 5.31. The van der Waals surface area contributed by atoms with Crippen molar-refractivity contribution in [3.05, 3.63) is 11.9 Å². The second kappa shape index (κ2) is 12.7. The highest BCUT2D eigenvalue weighted by Crippen LogP contribution is 2.30. The Morgan fingerprint density at radius 3 is 1.95 bits per heavy atom. The van der Waals surface area contributed by atoms with Gasteiger partial charge in [-0.05, 0) is 45.6 Å². The zero-order valence-electron chi connectivity index (χ0n) is 14.6. The third-order valence-electron chi connectivity index (χ3n) is 4.25. The molecule has 0 spiro atoms. The lowest BCUT2D eigenvalue weighted by atomic mass is 9.79. The van der Waals surface area contributed by atoms with E-state index in [1.54, 1.807) is 5.01 Å². The lowest BCUT2D eigenvalue weighted by molar-refractivity contribution is -0.116. The lowest BCUT2D eigenvalue weighted by Crippen LogP contribution is -2.36. The summed E-state index contributed by atoms with van der Waals surface area (Å²) in [5, 5.41) is 1.70. The molecule has 5 nitrogen and oxygen atoms in total. The van der Waals surface area contributed by atoms with E-state index in [4.69, 9.17) is 11.6 Å². The van der Waals surface area contributed by atoms with E-state index in [0.717, 1.165) is 44.1 Å². The number of nitrogens with zero attached hydrogens (tertiary/aromatic N) is 1. The maximum Gasteiger partial charge on any atom is 0.126 e. The first kappa shape index (κ1) is 22.2. The van der Waals surface area contributed by atoms with E-state index in [-0.39, 0.29) is 5.41 Å². The smallest absolute Gasteiger partial charge is 0.126 e. The number of hydrogen-bond donors (Lipinski definition) is 3. The van der Waals surface area contributed by atoms with E-state index in [1.165, 1.54) is 7.05 Å². The molecule has 0 aliphatic heterocycles. The van der Waals surface area contributed by atoms with Crippen LogP contribution in [0.15, 0.2) is 11.9 Å². The summed E-state index contributed by atoms with van der Waals surface area (Å²) >= 11 is 0. The highest BCUT2D eigenvalue weighted by Gasteiger charge is 2.25. The van der Waals surface area contributed by atoms with Crippen molar-refractivity contribution in [2.75, 3.05) is 7.05 Å². The van der Waals surface area contributed by atoms with E-state index in [2.05, 4.69) is 33.4 Å². The Morgan fingerprint density at radius 1 is 1.14 bits per heavy atom. The Bertz CT molecular complexity index is 284. The van der Waals surface area contributed by atoms with Crippen molar-refractivity contribution in [1.29, 1.82) is 0 Å². The van der Waals surface area contributed by atoms with Crippen molar-refractivity contribution in [3.8, 4) is 0 Å². The molecular formula is C16H36N4O.